The molecule has 0 spiro atoms. The third-order valence-corrected chi connectivity index (χ3v) is 13.4. The van der Waals surface area contributed by atoms with Crippen LogP contribution in [0.5, 0.6) is 5.75 Å². The van der Waals surface area contributed by atoms with E-state index in [9.17, 15) is 24.0 Å². The van der Waals surface area contributed by atoms with Gasteiger partial charge in [-0.25, -0.2) is 9.80 Å². The summed E-state index contributed by atoms with van der Waals surface area (Å²) < 4.78 is 5.79. The number of carbonyl (C=O) groups is 5. The van der Waals surface area contributed by atoms with E-state index in [2.05, 4.69) is 13.8 Å². The summed E-state index contributed by atoms with van der Waals surface area (Å²) in [5, 5.41) is 6.13. The molecule has 8 heteroatoms. The summed E-state index contributed by atoms with van der Waals surface area (Å²) in [7, 11) is 0. The first-order valence-electron chi connectivity index (χ1n) is 21.7. The highest BCUT2D eigenvalue weighted by Crippen LogP contribution is 2.47. The Kier molecular flexibility index (Phi) is 9.46. The number of nitrogens with zero attached hydrogens (tertiary/aromatic N) is 2. The van der Waals surface area contributed by atoms with Gasteiger partial charge in [0.15, 0.2) is 0 Å². The lowest BCUT2D eigenvalue weighted by Gasteiger charge is -2.30. The Morgan fingerprint density at radius 1 is 0.517 bits per heavy atom. The molecule has 0 aromatic heterocycles. The second-order valence-corrected chi connectivity index (χ2v) is 16.9. The van der Waals surface area contributed by atoms with Crippen molar-refractivity contribution in [2.75, 3.05) is 9.80 Å². The number of anilines is 2. The molecule has 300 valence electrons. The molecule has 0 saturated heterocycles. The summed E-state index contributed by atoms with van der Waals surface area (Å²) in [6.45, 7) is 4.37. The molecule has 7 aromatic carbocycles. The number of ether oxygens (including phenoxy) is 1. The monoisotopic (exact) mass is 794 g/mol. The van der Waals surface area contributed by atoms with Gasteiger partial charge in [-0.2, -0.15) is 0 Å². The summed E-state index contributed by atoms with van der Waals surface area (Å²) in [6.07, 6.45) is 11.9. The van der Waals surface area contributed by atoms with E-state index < -0.39 is 11.8 Å². The van der Waals surface area contributed by atoms with E-state index in [1.165, 1.54) is 41.0 Å². The van der Waals surface area contributed by atoms with Gasteiger partial charge < -0.3 is 4.74 Å². The van der Waals surface area contributed by atoms with Crippen LogP contribution in [0.25, 0.3) is 43.1 Å². The normalized spacial score (nSPS) is 17.8. The smallest absolute Gasteiger partial charge is 0.314 e. The Hall–Kier alpha value is -6.41. The highest BCUT2D eigenvalue weighted by Gasteiger charge is 2.38. The minimum absolute atomic E-state index is 0.116. The van der Waals surface area contributed by atoms with Gasteiger partial charge in [0.25, 0.3) is 23.6 Å². The molecular formula is C52H46N2O6. The van der Waals surface area contributed by atoms with Crippen LogP contribution in [-0.2, 0) is 11.2 Å². The molecule has 0 bridgehead atoms. The molecule has 8 nitrogen and oxygen atoms in total. The molecule has 10 rings (SSSR count). The van der Waals surface area contributed by atoms with E-state index in [1.54, 1.807) is 48.5 Å². The highest BCUT2D eigenvalue weighted by atomic mass is 16.5. The van der Waals surface area contributed by atoms with Gasteiger partial charge >= 0.3 is 5.97 Å². The van der Waals surface area contributed by atoms with Gasteiger partial charge in [0.2, 0.25) is 0 Å². The van der Waals surface area contributed by atoms with Gasteiger partial charge in [-0.1, -0.05) is 82.3 Å². The number of hydrogen-bond donors (Lipinski definition) is 0. The number of hydrogen-bond acceptors (Lipinski definition) is 6. The minimum Gasteiger partial charge on any atom is -0.426 e. The van der Waals surface area contributed by atoms with Crippen molar-refractivity contribution in [1.82, 2.24) is 0 Å². The number of fused-ring (bicyclic) bond motifs is 2. The second kappa shape index (κ2) is 15.0. The largest absolute Gasteiger partial charge is 0.426 e. The fourth-order valence-corrected chi connectivity index (χ4v) is 10.2. The number of esters is 1. The van der Waals surface area contributed by atoms with Gasteiger partial charge in [-0.3, -0.25) is 24.0 Å². The van der Waals surface area contributed by atoms with E-state index in [0.717, 1.165) is 77.3 Å². The molecular weight excluding hydrogens is 749 g/mol. The summed E-state index contributed by atoms with van der Waals surface area (Å²) in [6, 6.07) is 29.0. The van der Waals surface area contributed by atoms with Crippen LogP contribution in [0, 0.1) is 11.8 Å². The maximum absolute atomic E-state index is 14.3. The van der Waals surface area contributed by atoms with Crippen LogP contribution in [0.3, 0.4) is 0 Å². The first kappa shape index (κ1) is 37.8. The van der Waals surface area contributed by atoms with Gasteiger partial charge in [0.05, 0.1) is 17.3 Å². The fourth-order valence-electron chi connectivity index (χ4n) is 10.2. The number of unbranched alkanes of at least 4 members (excludes halogenated alkanes) is 3. The Morgan fingerprint density at radius 2 is 0.950 bits per heavy atom. The molecule has 7 aromatic rings. The fraction of sp³-hybridized carbons (Fsp3) is 0.288. The molecule has 4 amide bonds. The zero-order valence-corrected chi connectivity index (χ0v) is 34.0. The highest BCUT2D eigenvalue weighted by molar-refractivity contribution is 6.45. The second-order valence-electron chi connectivity index (χ2n) is 16.9. The van der Waals surface area contributed by atoms with Crippen molar-refractivity contribution in [3.05, 3.63) is 125 Å². The van der Waals surface area contributed by atoms with Gasteiger partial charge in [0, 0.05) is 33.0 Å². The zero-order chi connectivity index (χ0) is 41.2. The molecule has 0 atom stereocenters. The van der Waals surface area contributed by atoms with Gasteiger partial charge in [-0.05, 0) is 143 Å². The van der Waals surface area contributed by atoms with Crippen molar-refractivity contribution < 1.29 is 28.7 Å². The molecule has 3 aliphatic rings. The summed E-state index contributed by atoms with van der Waals surface area (Å²) in [5.41, 5.74) is 3.81. The molecule has 0 radical (unpaired) electrons. The van der Waals surface area contributed by atoms with Crippen molar-refractivity contribution in [3.63, 3.8) is 0 Å². The topological polar surface area (TPSA) is 101 Å². The van der Waals surface area contributed by atoms with Crippen LogP contribution in [0.2, 0.25) is 0 Å². The van der Waals surface area contributed by atoms with E-state index in [4.69, 9.17) is 4.74 Å². The lowest BCUT2D eigenvalue weighted by atomic mass is 9.80. The third-order valence-electron chi connectivity index (χ3n) is 13.4. The molecule has 0 N–H and O–H groups in total. The Labute approximate surface area is 348 Å². The number of benzene rings is 7. The van der Waals surface area contributed by atoms with E-state index in [-0.39, 0.29) is 23.7 Å². The van der Waals surface area contributed by atoms with Crippen molar-refractivity contribution >= 4 is 84.1 Å². The molecule has 60 heavy (non-hydrogen) atoms. The number of amides is 4. The zero-order valence-electron chi connectivity index (χ0n) is 34.0. The summed E-state index contributed by atoms with van der Waals surface area (Å²) >= 11 is 0. The lowest BCUT2D eigenvalue weighted by Crippen LogP contribution is -2.40. The standard InChI is InChI=1S/C52H46N2O6/c1-3-5-7-9-31-10-14-32(15-11-31)52(59)60-35-20-18-34(19-21-35)54-50(57)42-28-24-38-36-22-26-40-46-41(49(56)53(48(40)55)33-16-12-30(13-17-33)8-6-4-2)27-23-37(44(36)46)39-25-29-43(51(54)58)47(42)45(38)39/h12-13,16-29,31-32H,3-11,14-15H2,1-2H3. The van der Waals surface area contributed by atoms with E-state index in [1.807, 2.05) is 48.5 Å². The lowest BCUT2D eigenvalue weighted by molar-refractivity contribution is -0.140. The Morgan fingerprint density at radius 3 is 1.38 bits per heavy atom. The SMILES string of the molecule is CCCCCC1CCC(C(=O)Oc2ccc(N3C(=O)c4ccc5c6ccc7c8c(ccc(c9ccc(c4c59)C3=O)c86)C(=O)N(c3ccc(CCCC)cc3)C7=O)cc2)CC1. The first-order valence-corrected chi connectivity index (χ1v) is 21.7. The number of aryl methyl sites for hydroxylation is 1. The van der Waals surface area contributed by atoms with Crippen LogP contribution in [0.4, 0.5) is 11.4 Å². The van der Waals surface area contributed by atoms with Crippen LogP contribution in [0.1, 0.15) is 125 Å². The van der Waals surface area contributed by atoms with E-state index >= 15 is 0 Å². The van der Waals surface area contributed by atoms with Crippen LogP contribution in [-0.4, -0.2) is 29.6 Å². The Bertz CT molecular complexity index is 2780. The quantitative estimate of drug-likeness (QED) is 0.0323. The molecule has 1 saturated carbocycles. The molecule has 1 aliphatic carbocycles. The average Bonchev–Trinajstić information content (AvgIpc) is 3.27. The average molecular weight is 795 g/mol. The molecule has 2 heterocycles. The maximum atomic E-state index is 14.3. The predicted molar refractivity (Wildman–Crippen MR) is 237 cm³/mol. The van der Waals surface area contributed by atoms with E-state index in [0.29, 0.717) is 56.1 Å². The minimum atomic E-state index is -0.442. The summed E-state index contributed by atoms with van der Waals surface area (Å²) in [4.78, 5) is 72.5. The number of carbonyl (C=O) groups excluding carboxylic acids is 5. The van der Waals surface area contributed by atoms with Crippen LogP contribution in [0.15, 0.2) is 97.1 Å². The molecule has 1 fully saturated rings. The first-order chi connectivity index (χ1) is 29.3. The van der Waals surface area contributed by atoms with Crippen LogP contribution < -0.4 is 14.5 Å². The molecule has 0 unspecified atom stereocenters. The van der Waals surface area contributed by atoms with Crippen molar-refractivity contribution in [2.45, 2.75) is 84.5 Å². The van der Waals surface area contributed by atoms with Crippen molar-refractivity contribution in [2.24, 2.45) is 11.8 Å². The van der Waals surface area contributed by atoms with Crippen molar-refractivity contribution in [1.29, 1.82) is 0 Å². The van der Waals surface area contributed by atoms with Gasteiger partial charge in [0.1, 0.15) is 5.75 Å². The van der Waals surface area contributed by atoms with Crippen LogP contribution >= 0.6 is 0 Å². The number of imide groups is 2. The Balaban J connectivity index is 0.952. The predicted octanol–water partition coefficient (Wildman–Crippen LogP) is 12.0. The summed E-state index contributed by atoms with van der Waals surface area (Å²) in [5.74, 6) is -0.885. The maximum Gasteiger partial charge on any atom is 0.314 e. The molecule has 2 aliphatic heterocycles. The van der Waals surface area contributed by atoms with Gasteiger partial charge in [-0.15, -0.1) is 0 Å². The third kappa shape index (κ3) is 5.98. The number of rotatable bonds is 11. The van der Waals surface area contributed by atoms with Crippen molar-refractivity contribution in [3.8, 4) is 5.75 Å².